The molecule has 2 heterocycles. The third kappa shape index (κ3) is 7.59. The van der Waals surface area contributed by atoms with Crippen molar-refractivity contribution in [3.8, 4) is 0 Å². The Kier molecular flexibility index (Phi) is 10.2. The molecule has 10 heteroatoms. The van der Waals surface area contributed by atoms with Gasteiger partial charge in [0.2, 0.25) is 5.91 Å². The predicted molar refractivity (Wildman–Crippen MR) is 165 cm³/mol. The molecule has 1 saturated carbocycles. The number of fused-ring (bicyclic) bond motifs is 5. The molecule has 3 aromatic rings. The summed E-state index contributed by atoms with van der Waals surface area (Å²) in [4.78, 5) is 25.2. The minimum Gasteiger partial charge on any atom is -0.475 e. The van der Waals surface area contributed by atoms with Crippen molar-refractivity contribution in [1.82, 2.24) is 10.2 Å². The maximum Gasteiger partial charge on any atom is 0.490 e. The number of aliphatic carboxylic acids is 1. The van der Waals surface area contributed by atoms with E-state index in [1.807, 2.05) is 48.5 Å². The van der Waals surface area contributed by atoms with Gasteiger partial charge in [-0.05, 0) is 104 Å². The van der Waals surface area contributed by atoms with Crippen LogP contribution in [0.5, 0.6) is 0 Å². The van der Waals surface area contributed by atoms with E-state index in [4.69, 9.17) is 33.1 Å². The van der Waals surface area contributed by atoms with Gasteiger partial charge in [-0.15, -0.1) is 0 Å². The number of hydrogen-bond acceptors (Lipinski definition) is 3. The number of rotatable bonds is 7. The van der Waals surface area contributed by atoms with Crippen molar-refractivity contribution in [3.63, 3.8) is 0 Å². The second kappa shape index (κ2) is 13.9. The Balaban J connectivity index is 0.000000493. The van der Waals surface area contributed by atoms with E-state index in [0.717, 1.165) is 29.9 Å². The van der Waals surface area contributed by atoms with E-state index in [1.165, 1.54) is 38.6 Å². The van der Waals surface area contributed by atoms with Crippen molar-refractivity contribution in [2.75, 3.05) is 6.54 Å². The second-order valence-corrected chi connectivity index (χ2v) is 12.7. The molecular weight excluding hydrogens is 612 g/mol. The molecule has 2 N–H and O–H groups in total. The molecule has 44 heavy (non-hydrogen) atoms. The Hall–Kier alpha value is -3.07. The van der Waals surface area contributed by atoms with Crippen molar-refractivity contribution in [3.05, 3.63) is 105 Å². The fourth-order valence-corrected chi connectivity index (χ4v) is 7.23. The van der Waals surface area contributed by atoms with Crippen LogP contribution < -0.4 is 5.32 Å². The topological polar surface area (TPSA) is 69.6 Å². The van der Waals surface area contributed by atoms with Crippen LogP contribution in [0.1, 0.15) is 85.2 Å². The average molecular weight is 648 g/mol. The first-order valence-corrected chi connectivity index (χ1v) is 15.7. The largest absolute Gasteiger partial charge is 0.490 e. The summed E-state index contributed by atoms with van der Waals surface area (Å²) in [5.41, 5.74) is 5.03. The molecule has 3 aromatic carbocycles. The SMILES string of the molecule is O=C(NC1CCC(CCN2C3CCC2c2ccccc23)CC1)C(c1ccc(Cl)cc1)c1ccc(Cl)cc1.O=C(O)C(F)(F)F. The van der Waals surface area contributed by atoms with Crippen LogP contribution in [0, 0.1) is 5.92 Å². The van der Waals surface area contributed by atoms with Crippen LogP contribution >= 0.6 is 23.2 Å². The molecule has 1 saturated heterocycles. The fraction of sp³-hybridized carbons (Fsp3) is 0.412. The van der Waals surface area contributed by atoms with Crippen molar-refractivity contribution in [1.29, 1.82) is 0 Å². The molecule has 1 amide bonds. The van der Waals surface area contributed by atoms with E-state index in [2.05, 4.69) is 34.5 Å². The number of carboxylic acid groups (broad SMARTS) is 1. The van der Waals surface area contributed by atoms with Gasteiger partial charge in [0.05, 0.1) is 5.92 Å². The van der Waals surface area contributed by atoms with Crippen LogP contribution in [0.15, 0.2) is 72.8 Å². The third-order valence-electron chi connectivity index (χ3n) is 9.13. The van der Waals surface area contributed by atoms with Crippen LogP contribution in [0.3, 0.4) is 0 Å². The zero-order chi connectivity index (χ0) is 31.4. The van der Waals surface area contributed by atoms with Crippen LogP contribution in [-0.2, 0) is 9.59 Å². The Labute approximate surface area is 265 Å². The minimum absolute atomic E-state index is 0.0551. The maximum absolute atomic E-state index is 13.6. The number of nitrogens with one attached hydrogen (secondary N) is 1. The Morgan fingerprint density at radius 2 is 1.25 bits per heavy atom. The lowest BCUT2D eigenvalue weighted by molar-refractivity contribution is -0.192. The number of alkyl halides is 3. The van der Waals surface area contributed by atoms with E-state index in [1.54, 1.807) is 11.1 Å². The smallest absolute Gasteiger partial charge is 0.475 e. The van der Waals surface area contributed by atoms with E-state index in [0.29, 0.717) is 22.1 Å². The summed E-state index contributed by atoms with van der Waals surface area (Å²) < 4.78 is 31.7. The molecule has 2 atom stereocenters. The van der Waals surface area contributed by atoms with Crippen molar-refractivity contribution in [2.45, 2.75) is 75.2 Å². The predicted octanol–water partition coefficient (Wildman–Crippen LogP) is 8.72. The quantitative estimate of drug-likeness (QED) is 0.269. The number of carboxylic acids is 1. The second-order valence-electron chi connectivity index (χ2n) is 11.8. The van der Waals surface area contributed by atoms with Gasteiger partial charge in [0.25, 0.3) is 0 Å². The molecule has 2 fully saturated rings. The van der Waals surface area contributed by atoms with Gasteiger partial charge < -0.3 is 10.4 Å². The molecule has 6 rings (SSSR count). The van der Waals surface area contributed by atoms with Crippen LogP contribution in [0.2, 0.25) is 10.0 Å². The Bertz CT molecular complexity index is 1360. The number of amides is 1. The van der Waals surface area contributed by atoms with Gasteiger partial charge in [-0.25, -0.2) is 4.79 Å². The lowest BCUT2D eigenvalue weighted by Crippen LogP contribution is -2.40. The summed E-state index contributed by atoms with van der Waals surface area (Å²) >= 11 is 12.2. The molecule has 1 aliphatic carbocycles. The van der Waals surface area contributed by atoms with Gasteiger partial charge in [0.1, 0.15) is 0 Å². The summed E-state index contributed by atoms with van der Waals surface area (Å²) in [7, 11) is 0. The first-order valence-electron chi connectivity index (χ1n) is 15.0. The molecule has 2 bridgehead atoms. The zero-order valence-corrected chi connectivity index (χ0v) is 25.6. The molecule has 2 aliphatic heterocycles. The van der Waals surface area contributed by atoms with E-state index in [-0.39, 0.29) is 17.9 Å². The highest BCUT2D eigenvalue weighted by Crippen LogP contribution is 2.53. The van der Waals surface area contributed by atoms with Crippen molar-refractivity contribution >= 4 is 35.1 Å². The van der Waals surface area contributed by atoms with E-state index in [9.17, 15) is 18.0 Å². The maximum atomic E-state index is 13.6. The number of halogens is 5. The lowest BCUT2D eigenvalue weighted by Gasteiger charge is -2.32. The highest BCUT2D eigenvalue weighted by Gasteiger charge is 2.43. The number of benzene rings is 3. The monoisotopic (exact) mass is 646 g/mol. The third-order valence-corrected chi connectivity index (χ3v) is 9.63. The molecule has 234 valence electrons. The van der Waals surface area contributed by atoms with Gasteiger partial charge in [0.15, 0.2) is 0 Å². The number of nitrogens with zero attached hydrogens (tertiary/aromatic N) is 1. The summed E-state index contributed by atoms with van der Waals surface area (Å²) in [6.45, 7) is 1.20. The number of hydrogen-bond donors (Lipinski definition) is 2. The molecule has 3 aliphatic rings. The highest BCUT2D eigenvalue weighted by molar-refractivity contribution is 6.30. The minimum atomic E-state index is -5.08. The Morgan fingerprint density at radius 1 is 0.795 bits per heavy atom. The van der Waals surface area contributed by atoms with Gasteiger partial charge in [-0.2, -0.15) is 13.2 Å². The molecule has 0 radical (unpaired) electrons. The lowest BCUT2D eigenvalue weighted by atomic mass is 9.83. The average Bonchev–Trinajstić information content (AvgIpc) is 3.55. The molecule has 2 unspecified atom stereocenters. The summed E-state index contributed by atoms with van der Waals surface area (Å²) in [6.07, 6.45) is 3.28. The number of carbonyl (C=O) groups is 2. The van der Waals surface area contributed by atoms with Crippen LogP contribution in [-0.4, -0.2) is 40.6 Å². The molecule has 5 nitrogen and oxygen atoms in total. The fourth-order valence-electron chi connectivity index (χ4n) is 6.98. The normalized spacial score (nSPS) is 22.7. The van der Waals surface area contributed by atoms with Gasteiger partial charge in [0, 0.05) is 28.2 Å². The summed E-state index contributed by atoms with van der Waals surface area (Å²) in [5.74, 6) is -2.33. The van der Waals surface area contributed by atoms with E-state index < -0.39 is 12.1 Å². The first kappa shape index (κ1) is 32.3. The van der Waals surface area contributed by atoms with Crippen LogP contribution in [0.4, 0.5) is 13.2 Å². The number of carbonyl (C=O) groups excluding carboxylic acids is 1. The van der Waals surface area contributed by atoms with Crippen molar-refractivity contribution < 1.29 is 27.9 Å². The van der Waals surface area contributed by atoms with E-state index >= 15 is 0 Å². The standard InChI is InChI=1S/C32H34Cl2N2O.C2HF3O2/c33-24-11-7-22(8-12-24)31(23-9-13-25(34)14-10-23)32(37)35-26-15-5-21(6-16-26)19-20-36-29-17-18-30(36)28-4-2-1-3-27(28)29;3-2(4,5)1(6)7/h1-4,7-14,21,26,29-31H,5-6,15-20H2,(H,35,37);(H,6,7). The first-order chi connectivity index (χ1) is 21.0. The van der Waals surface area contributed by atoms with Gasteiger partial charge >= 0.3 is 12.1 Å². The zero-order valence-electron chi connectivity index (χ0n) is 24.1. The van der Waals surface area contributed by atoms with Crippen LogP contribution in [0.25, 0.3) is 0 Å². The van der Waals surface area contributed by atoms with Crippen molar-refractivity contribution in [2.24, 2.45) is 5.92 Å². The Morgan fingerprint density at radius 3 is 1.68 bits per heavy atom. The summed E-state index contributed by atoms with van der Waals surface area (Å²) in [6, 6.07) is 25.7. The van der Waals surface area contributed by atoms with Gasteiger partial charge in [-0.1, -0.05) is 71.7 Å². The highest BCUT2D eigenvalue weighted by atomic mass is 35.5. The molecule has 0 spiro atoms. The summed E-state index contributed by atoms with van der Waals surface area (Å²) in [5, 5.41) is 11.8. The van der Waals surface area contributed by atoms with Gasteiger partial charge in [-0.3, -0.25) is 9.69 Å². The molecular formula is C34H35Cl2F3N2O3. The molecule has 0 aromatic heterocycles.